The minimum absolute atomic E-state index is 0.0328. The van der Waals surface area contributed by atoms with Crippen molar-refractivity contribution in [2.24, 2.45) is 57.3 Å². The molecule has 0 aliphatic rings. The Balaban J connectivity index is 0.00000131. The van der Waals surface area contributed by atoms with Gasteiger partial charge in [0.2, 0.25) is 35.4 Å². The number of nitrogens with zero attached hydrogens (tertiary/aromatic N) is 22. The molecule has 10 heterocycles. The zero-order valence-electron chi connectivity index (χ0n) is 70.2. The normalized spacial score (nSPS) is 9.94. The summed E-state index contributed by atoms with van der Waals surface area (Å²) in [5, 5.41) is 57.4. The number of nitrogens with one attached hydrogen (secondary N) is 11. The summed E-state index contributed by atoms with van der Waals surface area (Å²) in [6.07, 6.45) is 14.3. The van der Waals surface area contributed by atoms with Gasteiger partial charge in [0, 0.05) is 154 Å². The summed E-state index contributed by atoms with van der Waals surface area (Å²) in [5.41, 5.74) is 58.1. The van der Waals surface area contributed by atoms with Crippen LogP contribution < -0.4 is 134 Å². The molecule has 10 aromatic heterocycles. The highest BCUT2D eigenvalue weighted by Crippen LogP contribution is 2.15. The molecule has 10 aromatic rings. The highest BCUT2D eigenvalue weighted by Gasteiger charge is 2.13. The lowest BCUT2D eigenvalue weighted by atomic mass is 10.4. The van der Waals surface area contributed by atoms with E-state index in [1.54, 1.807) is 30.4 Å². The molecule has 0 aromatic carbocycles. The maximum absolute atomic E-state index is 12.7. The number of aromatic amines is 11. The summed E-state index contributed by atoms with van der Waals surface area (Å²) in [7, 11) is 19.0. The van der Waals surface area contributed by atoms with Gasteiger partial charge in [0.05, 0.1) is 24.5 Å². The van der Waals surface area contributed by atoms with E-state index in [2.05, 4.69) is 120 Å². The van der Waals surface area contributed by atoms with Crippen molar-refractivity contribution in [2.45, 2.75) is 64.2 Å². The zero-order valence-corrected chi connectivity index (χ0v) is 72.7. The molecule has 52 nitrogen and oxygen atoms in total. The molecule has 0 atom stereocenters. The van der Waals surface area contributed by atoms with E-state index in [1.807, 2.05) is 108 Å². The van der Waals surface area contributed by atoms with Crippen LogP contribution in [-0.2, 0) is 9.59 Å². The van der Waals surface area contributed by atoms with Crippen molar-refractivity contribution in [3.63, 3.8) is 0 Å². The molecule has 33 N–H and O–H groups in total. The predicted octanol–water partition coefficient (Wildman–Crippen LogP) is -3.32. The van der Waals surface area contributed by atoms with Crippen LogP contribution in [0.15, 0.2) is 65.1 Å². The molecule has 0 aliphatic carbocycles. The van der Waals surface area contributed by atoms with Crippen LogP contribution in [0.1, 0.15) is 64.2 Å². The standard InChI is InChI=1S/2C7H13N3O2.C7H13N3OS.C6H12FN5.C6H14N6.C6H13N5S.3C6H13N5.C6H12N4OS.CO2/c1-10(4-2-3-8)7-5-6(11)9-12-7;1-10(4-2-3-8)6-5-7(11)12-9-6;1-10(4-2-3-8)7-5-6(11)9-12-7;1-12(4-2-3-8)6-5(7)9-11-10-6;1-12(4-2-3-7)6-9-5(8)10-11-6;1-11(4-2-3-7)5-6(12)9-10-8-5;1-11(4-2-3-7)6-8-5-9-10-6;2*1-11(4-2-3-7)6-5-8-10-9-6;1-10(4-2-3-7)5-6(11)9-12-8-5;2-1-3/h5H,2-4,8H2,1H3,(H,9,11);5,9H,2-4,8H2,1H3;5H,2-4,8H2,1H3,(H,9,11);2-4,8H2,1H3,(H,9,10,11);2-4,7H2,1H3,(H3,8,9,10,11);2-4,7H2,1H3,(H2,8,9,10,12);3*5H,2-4,7H2,1H3,(H,8,9,10);2-4,7H2,1H3,(H,9,11);. The fraction of sp³-hybridized carbons (Fsp3) is 0.625. The van der Waals surface area contributed by atoms with E-state index in [4.69, 9.17) is 89.4 Å². The van der Waals surface area contributed by atoms with E-state index in [0.29, 0.717) is 106 Å². The minimum atomic E-state index is -0.575. The second-order valence-corrected chi connectivity index (χ2v) is 27.0. The number of nitrogen functional groups attached to an aromatic ring is 1. The molecule has 10 rings (SSSR count). The summed E-state index contributed by atoms with van der Waals surface area (Å²) in [4.78, 5) is 86.4. The van der Waals surface area contributed by atoms with Crippen molar-refractivity contribution in [2.75, 3.05) is 256 Å². The van der Waals surface area contributed by atoms with Gasteiger partial charge in [0.1, 0.15) is 17.1 Å². The quantitative estimate of drug-likeness (QED) is 0.0167. The van der Waals surface area contributed by atoms with Crippen molar-refractivity contribution >= 4 is 105 Å². The molecule has 0 radical (unpaired) electrons. The average molecular weight is 1760 g/mol. The lowest BCUT2D eigenvalue weighted by Crippen LogP contribution is -2.25. The first-order chi connectivity index (χ1) is 57.6. The van der Waals surface area contributed by atoms with Gasteiger partial charge in [-0.3, -0.25) is 28.2 Å². The van der Waals surface area contributed by atoms with Crippen molar-refractivity contribution in [3.8, 4) is 0 Å². The molecule has 0 bridgehead atoms. The molecule has 0 fully saturated rings. The summed E-state index contributed by atoms with van der Waals surface area (Å²) in [6.45, 7) is 15.1. The van der Waals surface area contributed by atoms with Crippen molar-refractivity contribution in [3.05, 3.63) is 89.0 Å². The van der Waals surface area contributed by atoms with Crippen LogP contribution in [0, 0.1) is 10.6 Å². The van der Waals surface area contributed by atoms with Crippen molar-refractivity contribution in [1.29, 1.82) is 0 Å². The van der Waals surface area contributed by atoms with E-state index in [9.17, 15) is 23.6 Å². The molecule has 0 spiro atoms. The summed E-state index contributed by atoms with van der Waals surface area (Å²) in [5.74, 6) is 5.62. The van der Waals surface area contributed by atoms with E-state index in [1.165, 1.54) is 30.0 Å². The first kappa shape index (κ1) is 109. The Labute approximate surface area is 707 Å². The number of aromatic nitrogens is 23. The Kier molecular flexibility index (Phi) is 62.0. The van der Waals surface area contributed by atoms with Gasteiger partial charge in [-0.2, -0.15) is 64.4 Å². The van der Waals surface area contributed by atoms with Gasteiger partial charge in [-0.15, -0.1) is 30.6 Å². The number of H-pyrrole nitrogens is 11. The van der Waals surface area contributed by atoms with Crippen LogP contribution in [-0.4, -0.2) is 323 Å². The first-order valence-corrected chi connectivity index (χ1v) is 39.8. The van der Waals surface area contributed by atoms with Gasteiger partial charge in [-0.1, -0.05) is 12.2 Å². The predicted molar refractivity (Wildman–Crippen MR) is 471 cm³/mol. The van der Waals surface area contributed by atoms with Gasteiger partial charge in [-0.25, -0.2) is 25.4 Å². The maximum Gasteiger partial charge on any atom is 0.373 e. The van der Waals surface area contributed by atoms with Crippen LogP contribution in [0.2, 0.25) is 0 Å². The van der Waals surface area contributed by atoms with Gasteiger partial charge < -0.3 is 121 Å². The summed E-state index contributed by atoms with van der Waals surface area (Å²) >= 11 is 7.41. The smallest absolute Gasteiger partial charge is 0.368 e. The molecule has 0 unspecified atom stereocenters. The summed E-state index contributed by atoms with van der Waals surface area (Å²) in [6, 6.07) is 4.42. The molecule has 678 valence electrons. The average Bonchev–Trinajstić information content (AvgIpc) is 1.75. The Morgan fingerprint density at radius 3 is 1.29 bits per heavy atom. The molecule has 120 heavy (non-hydrogen) atoms. The largest absolute Gasteiger partial charge is 0.373 e. The van der Waals surface area contributed by atoms with E-state index in [0.717, 1.165) is 163 Å². The zero-order chi connectivity index (χ0) is 89.8. The minimum Gasteiger partial charge on any atom is -0.368 e. The molecule has 0 saturated heterocycles. The third-order valence-electron chi connectivity index (χ3n) is 15.4. The monoisotopic (exact) mass is 1760 g/mol. The Bertz CT molecular complexity index is 3980. The highest BCUT2D eigenvalue weighted by molar-refractivity contribution is 7.71. The molecule has 0 aliphatic heterocycles. The fourth-order valence-electron chi connectivity index (χ4n) is 8.73. The molecular weight excluding hydrogens is 1630 g/mol. The lowest BCUT2D eigenvalue weighted by molar-refractivity contribution is -0.191. The SMILES string of the molecule is CN(CCCN)c1cc(=O)[nH]o1.CN(CCCN)c1cc(=O)[nH]s1.CN(CCCN)c1cc(=O)o[nH]1.CN(CCCN)c1cn[nH]n1.CN(CCCN)c1cn[nH]n1.CN(CCCN)c1n[nH][nH]c1=S.CN(CCCN)c1n[nH]c(N)n1.CN(CCCN)c1n[nH]nc1F.CN(CCCN)c1ncn[nH]1.CN(CCCN)c1ns[nH]c1=O.O=C=O. The van der Waals surface area contributed by atoms with Crippen molar-refractivity contribution < 1.29 is 23.0 Å². The summed E-state index contributed by atoms with van der Waals surface area (Å²) < 4.78 is 31.9. The van der Waals surface area contributed by atoms with E-state index >= 15 is 0 Å². The number of anilines is 11. The third kappa shape index (κ3) is 49.1. The number of hydrogen-bond acceptors (Lipinski definition) is 44. The topological polar surface area (TPSA) is 776 Å². The third-order valence-corrected chi connectivity index (χ3v) is 17.2. The molecule has 0 saturated carbocycles. The fourth-order valence-corrected chi connectivity index (χ4v) is 10.2. The lowest BCUT2D eigenvalue weighted by Gasteiger charge is -2.14. The Morgan fingerprint density at radius 2 is 0.925 bits per heavy atom. The van der Waals surface area contributed by atoms with Gasteiger partial charge >= 0.3 is 17.3 Å². The second-order valence-electron chi connectivity index (χ2n) is 25.2. The second kappa shape index (κ2) is 68.5. The van der Waals surface area contributed by atoms with Crippen LogP contribution in [0.5, 0.6) is 0 Å². The van der Waals surface area contributed by atoms with Gasteiger partial charge in [0.15, 0.2) is 22.1 Å². The number of nitrogens with two attached hydrogens (primary N) is 11. The number of carbonyl (C=O) groups excluding carboxylic acids is 2. The number of rotatable bonds is 40. The van der Waals surface area contributed by atoms with Crippen molar-refractivity contribution in [1.82, 2.24) is 115 Å². The molecule has 0 amide bonds. The molecular formula is C64H129FN44O8S3. The first-order valence-electron chi connectivity index (χ1n) is 37.8. The Morgan fingerprint density at radius 1 is 0.467 bits per heavy atom. The van der Waals surface area contributed by atoms with Crippen LogP contribution in [0.3, 0.4) is 0 Å². The van der Waals surface area contributed by atoms with Gasteiger partial charge in [0.25, 0.3) is 17.1 Å². The molecule has 56 heteroatoms. The number of halogens is 1. The maximum atomic E-state index is 12.7. The van der Waals surface area contributed by atoms with Crippen LogP contribution in [0.4, 0.5) is 68.0 Å². The van der Waals surface area contributed by atoms with E-state index < -0.39 is 5.95 Å². The van der Waals surface area contributed by atoms with Crippen LogP contribution in [0.25, 0.3) is 0 Å². The van der Waals surface area contributed by atoms with Crippen LogP contribution >= 0.6 is 35.5 Å². The van der Waals surface area contributed by atoms with Gasteiger partial charge in [-0.05, 0) is 141 Å². The Hall–Kier alpha value is -11.4. The van der Waals surface area contributed by atoms with E-state index in [-0.39, 0.29) is 34.3 Å². The number of hydrogen-bond donors (Lipinski definition) is 22. The highest BCUT2D eigenvalue weighted by atomic mass is 32.1.